The number of phenols is 1. The number of aromatic nitrogens is 2. The number of nitrogens with zero attached hydrogens (tertiary/aromatic N) is 2. The Morgan fingerprint density at radius 1 is 1.40 bits per heavy atom. The van der Waals surface area contributed by atoms with Gasteiger partial charge in [-0.05, 0) is 38.1 Å². The van der Waals surface area contributed by atoms with E-state index < -0.39 is 0 Å². The van der Waals surface area contributed by atoms with Crippen LogP contribution in [0.1, 0.15) is 26.2 Å². The van der Waals surface area contributed by atoms with Crippen molar-refractivity contribution >= 4 is 11.0 Å². The van der Waals surface area contributed by atoms with Crippen molar-refractivity contribution in [3.05, 3.63) is 28.7 Å². The standard InChI is InChI=1S/C15H21N3O2/c1-2-17-9-4-3-6-11(17)10-18-14-12(16-15(18)20)7-5-8-13(14)19/h5,7-8,11,19H,2-4,6,9-10H2,1H3,(H,16,20). The maximum Gasteiger partial charge on any atom is 0.326 e. The van der Waals surface area contributed by atoms with Gasteiger partial charge in [0.1, 0.15) is 11.3 Å². The molecular weight excluding hydrogens is 254 g/mol. The molecule has 0 amide bonds. The van der Waals surface area contributed by atoms with Crippen LogP contribution in [0.2, 0.25) is 0 Å². The van der Waals surface area contributed by atoms with E-state index in [0.29, 0.717) is 23.6 Å². The number of likely N-dealkylation sites (tertiary alicyclic amines) is 1. The molecule has 20 heavy (non-hydrogen) atoms. The predicted octanol–water partition coefficient (Wildman–Crippen LogP) is 1.91. The van der Waals surface area contributed by atoms with Gasteiger partial charge in [0.2, 0.25) is 0 Å². The molecule has 2 aromatic rings. The summed E-state index contributed by atoms with van der Waals surface area (Å²) in [5, 5.41) is 10.0. The van der Waals surface area contributed by atoms with Crippen LogP contribution in [0.15, 0.2) is 23.0 Å². The first-order chi connectivity index (χ1) is 9.70. The molecule has 0 saturated carbocycles. The monoisotopic (exact) mass is 275 g/mol. The van der Waals surface area contributed by atoms with Gasteiger partial charge in [0.15, 0.2) is 0 Å². The lowest BCUT2D eigenvalue weighted by molar-refractivity contribution is 0.140. The maximum absolute atomic E-state index is 12.1. The second-order valence-corrected chi connectivity index (χ2v) is 5.49. The van der Waals surface area contributed by atoms with Crippen LogP contribution in [-0.2, 0) is 6.54 Å². The first-order valence-corrected chi connectivity index (χ1v) is 7.35. The quantitative estimate of drug-likeness (QED) is 0.899. The Kier molecular flexibility index (Phi) is 3.53. The highest BCUT2D eigenvalue weighted by Gasteiger charge is 2.23. The van der Waals surface area contributed by atoms with E-state index in [-0.39, 0.29) is 11.4 Å². The summed E-state index contributed by atoms with van der Waals surface area (Å²) in [5.74, 6) is 0.166. The molecule has 0 radical (unpaired) electrons. The first kappa shape index (κ1) is 13.2. The lowest BCUT2D eigenvalue weighted by Crippen LogP contribution is -2.43. The lowest BCUT2D eigenvalue weighted by atomic mass is 10.0. The van der Waals surface area contributed by atoms with Crippen molar-refractivity contribution in [1.29, 1.82) is 0 Å². The van der Waals surface area contributed by atoms with Crippen LogP contribution in [0, 0.1) is 0 Å². The fraction of sp³-hybridized carbons (Fsp3) is 0.533. The molecule has 1 aromatic heterocycles. The van der Waals surface area contributed by atoms with Gasteiger partial charge < -0.3 is 10.1 Å². The Hall–Kier alpha value is -1.75. The second-order valence-electron chi connectivity index (χ2n) is 5.49. The number of likely N-dealkylation sites (N-methyl/N-ethyl adjacent to an activating group) is 1. The van der Waals surface area contributed by atoms with E-state index in [1.807, 2.05) is 6.07 Å². The minimum absolute atomic E-state index is 0.136. The normalized spacial score (nSPS) is 20.6. The number of piperidine rings is 1. The fourth-order valence-electron chi connectivity index (χ4n) is 3.27. The zero-order valence-electron chi connectivity index (χ0n) is 11.8. The Morgan fingerprint density at radius 2 is 2.25 bits per heavy atom. The Bertz CT molecular complexity index is 659. The first-order valence-electron chi connectivity index (χ1n) is 7.35. The molecule has 2 N–H and O–H groups in total. The summed E-state index contributed by atoms with van der Waals surface area (Å²) in [6.07, 6.45) is 3.56. The maximum atomic E-state index is 12.1. The number of aromatic hydroxyl groups is 1. The molecule has 1 aliphatic rings. The summed E-state index contributed by atoms with van der Waals surface area (Å²) in [6, 6.07) is 5.58. The van der Waals surface area contributed by atoms with Crippen LogP contribution in [0.3, 0.4) is 0 Å². The number of imidazole rings is 1. The van der Waals surface area contributed by atoms with Crippen molar-refractivity contribution in [2.45, 2.75) is 38.8 Å². The molecule has 0 bridgehead atoms. The molecule has 1 unspecified atom stereocenters. The van der Waals surface area contributed by atoms with Crippen LogP contribution in [0.5, 0.6) is 5.75 Å². The highest BCUT2D eigenvalue weighted by molar-refractivity contribution is 5.81. The van der Waals surface area contributed by atoms with Gasteiger partial charge in [-0.15, -0.1) is 0 Å². The van der Waals surface area contributed by atoms with Crippen molar-refractivity contribution in [1.82, 2.24) is 14.5 Å². The fourth-order valence-corrected chi connectivity index (χ4v) is 3.27. The largest absolute Gasteiger partial charge is 0.506 e. The number of nitrogens with one attached hydrogen (secondary N) is 1. The summed E-state index contributed by atoms with van der Waals surface area (Å²) >= 11 is 0. The summed E-state index contributed by atoms with van der Waals surface area (Å²) < 4.78 is 1.68. The van der Waals surface area contributed by atoms with E-state index >= 15 is 0 Å². The average molecular weight is 275 g/mol. The number of para-hydroxylation sites is 1. The van der Waals surface area contributed by atoms with Crippen LogP contribution in [0.4, 0.5) is 0 Å². The molecule has 5 heteroatoms. The van der Waals surface area contributed by atoms with Crippen LogP contribution < -0.4 is 5.69 Å². The van der Waals surface area contributed by atoms with Crippen molar-refractivity contribution in [3.63, 3.8) is 0 Å². The van der Waals surface area contributed by atoms with E-state index in [0.717, 1.165) is 19.5 Å². The molecule has 1 aliphatic heterocycles. The van der Waals surface area contributed by atoms with E-state index in [1.54, 1.807) is 16.7 Å². The third-order valence-corrected chi connectivity index (χ3v) is 4.32. The SMILES string of the molecule is CCN1CCCCC1Cn1c(=O)[nH]c2cccc(O)c21. The van der Waals surface area contributed by atoms with Gasteiger partial charge >= 0.3 is 5.69 Å². The molecule has 1 fully saturated rings. The van der Waals surface area contributed by atoms with E-state index in [4.69, 9.17) is 0 Å². The molecule has 1 saturated heterocycles. The summed E-state index contributed by atoms with van der Waals surface area (Å²) in [5.41, 5.74) is 1.19. The number of H-pyrrole nitrogens is 1. The minimum Gasteiger partial charge on any atom is -0.506 e. The predicted molar refractivity (Wildman–Crippen MR) is 79.1 cm³/mol. The molecule has 3 rings (SSSR count). The summed E-state index contributed by atoms with van der Waals surface area (Å²) in [7, 11) is 0. The number of aromatic amines is 1. The van der Waals surface area contributed by atoms with Crippen LogP contribution in [-0.4, -0.2) is 38.7 Å². The zero-order chi connectivity index (χ0) is 14.1. The van der Waals surface area contributed by atoms with Crippen LogP contribution in [0.25, 0.3) is 11.0 Å². The Labute approximate surface area is 117 Å². The summed E-state index contributed by atoms with van der Waals surface area (Å²) in [6.45, 7) is 4.91. The number of hydrogen-bond donors (Lipinski definition) is 2. The van der Waals surface area contributed by atoms with Crippen LogP contribution >= 0.6 is 0 Å². The molecule has 1 atom stereocenters. The number of phenolic OH excluding ortho intramolecular Hbond substituents is 1. The van der Waals surface area contributed by atoms with Gasteiger partial charge in [-0.3, -0.25) is 9.47 Å². The average Bonchev–Trinajstić information content (AvgIpc) is 2.77. The molecule has 0 spiro atoms. The van der Waals surface area contributed by atoms with Crippen molar-refractivity contribution in [2.75, 3.05) is 13.1 Å². The van der Waals surface area contributed by atoms with Gasteiger partial charge in [0.05, 0.1) is 5.52 Å². The zero-order valence-corrected chi connectivity index (χ0v) is 11.8. The molecule has 0 aliphatic carbocycles. The smallest absolute Gasteiger partial charge is 0.326 e. The van der Waals surface area contributed by atoms with Crippen molar-refractivity contribution in [3.8, 4) is 5.75 Å². The molecule has 2 heterocycles. The number of hydrogen-bond acceptors (Lipinski definition) is 3. The molecule has 5 nitrogen and oxygen atoms in total. The van der Waals surface area contributed by atoms with Crippen molar-refractivity contribution in [2.24, 2.45) is 0 Å². The highest BCUT2D eigenvalue weighted by Crippen LogP contribution is 2.24. The van der Waals surface area contributed by atoms with Gasteiger partial charge in [-0.2, -0.15) is 0 Å². The second kappa shape index (κ2) is 5.32. The Morgan fingerprint density at radius 3 is 3.05 bits per heavy atom. The highest BCUT2D eigenvalue weighted by atomic mass is 16.3. The third kappa shape index (κ3) is 2.22. The van der Waals surface area contributed by atoms with Gasteiger partial charge in [0.25, 0.3) is 0 Å². The van der Waals surface area contributed by atoms with E-state index in [9.17, 15) is 9.90 Å². The number of fused-ring (bicyclic) bond motifs is 1. The number of benzene rings is 1. The topological polar surface area (TPSA) is 61.3 Å². The minimum atomic E-state index is -0.136. The van der Waals surface area contributed by atoms with Gasteiger partial charge in [-0.25, -0.2) is 4.79 Å². The molecular formula is C15H21N3O2. The lowest BCUT2D eigenvalue weighted by Gasteiger charge is -2.34. The van der Waals surface area contributed by atoms with E-state index in [1.165, 1.54) is 12.8 Å². The van der Waals surface area contributed by atoms with Crippen molar-refractivity contribution < 1.29 is 5.11 Å². The van der Waals surface area contributed by atoms with E-state index in [2.05, 4.69) is 16.8 Å². The van der Waals surface area contributed by atoms with Gasteiger partial charge in [0, 0.05) is 12.6 Å². The summed E-state index contributed by atoms with van der Waals surface area (Å²) in [4.78, 5) is 17.4. The molecule has 1 aromatic carbocycles. The number of rotatable bonds is 3. The third-order valence-electron chi connectivity index (χ3n) is 4.32. The van der Waals surface area contributed by atoms with Gasteiger partial charge in [-0.1, -0.05) is 19.4 Å². The molecule has 108 valence electrons. The Balaban J connectivity index is 1.98.